The fourth-order valence-electron chi connectivity index (χ4n) is 9.72. The number of hydrogen-bond acceptors (Lipinski definition) is 2. The van der Waals surface area contributed by atoms with Crippen molar-refractivity contribution in [1.29, 1.82) is 0 Å². The summed E-state index contributed by atoms with van der Waals surface area (Å²) in [5, 5.41) is 6.03. The van der Waals surface area contributed by atoms with Crippen LogP contribution in [0.3, 0.4) is 0 Å². The number of benzene rings is 6. The number of nitrogens with one attached hydrogen (secondary N) is 2. The van der Waals surface area contributed by atoms with E-state index in [1.165, 1.54) is 11.1 Å². The van der Waals surface area contributed by atoms with Crippen LogP contribution >= 0.6 is 17.0 Å². The molecular weight excluding hydrogens is 834 g/mol. The van der Waals surface area contributed by atoms with E-state index < -0.39 is 27.9 Å². The van der Waals surface area contributed by atoms with Crippen molar-refractivity contribution < 1.29 is 25.8 Å². The Hall–Kier alpha value is -4.73. The zero-order valence-corrected chi connectivity index (χ0v) is 37.1. The van der Waals surface area contributed by atoms with Crippen molar-refractivity contribution in [3.63, 3.8) is 0 Å². The monoisotopic (exact) mass is 877 g/mol. The normalized spacial score (nSPS) is 16.4. The van der Waals surface area contributed by atoms with E-state index in [0.717, 1.165) is 66.8 Å². The van der Waals surface area contributed by atoms with Gasteiger partial charge < -0.3 is 0 Å². The van der Waals surface area contributed by atoms with Crippen LogP contribution in [0.25, 0.3) is 45.6 Å². The first-order valence-corrected chi connectivity index (χ1v) is 30.6. The van der Waals surface area contributed by atoms with Crippen LogP contribution in [-0.2, 0) is 25.8 Å². The van der Waals surface area contributed by atoms with Crippen LogP contribution in [0.2, 0.25) is 0 Å². The second kappa shape index (κ2) is 16.1. The minimum absolute atomic E-state index is 0.286. The maximum absolute atomic E-state index is 12.8. The summed E-state index contributed by atoms with van der Waals surface area (Å²) in [6.07, 6.45) is 5.76. The molecule has 0 aliphatic heterocycles. The Labute approximate surface area is 350 Å². The van der Waals surface area contributed by atoms with Gasteiger partial charge in [-0.2, -0.15) is 0 Å². The zero-order chi connectivity index (χ0) is 40.6. The first-order valence-electron chi connectivity index (χ1n) is 20.0. The maximum atomic E-state index is 12.8. The van der Waals surface area contributed by atoms with E-state index in [1.54, 1.807) is 0 Å². The summed E-state index contributed by atoms with van der Waals surface area (Å²) < 4.78 is -2.22. The van der Waals surface area contributed by atoms with Crippen molar-refractivity contribution >= 4 is 57.7 Å². The van der Waals surface area contributed by atoms with Gasteiger partial charge in [0.15, 0.2) is 0 Å². The molecule has 0 fully saturated rings. The summed E-state index contributed by atoms with van der Waals surface area (Å²) in [6, 6.07) is 50.5. The number of hydrogen-bond donors (Lipinski definition) is 2. The molecule has 6 aromatic rings. The number of carbonyl (C=O) groups excluding carboxylic acids is 2. The molecule has 4 nitrogen and oxygen atoms in total. The van der Waals surface area contributed by atoms with Crippen molar-refractivity contribution in [2.75, 3.05) is 0 Å². The van der Waals surface area contributed by atoms with Crippen molar-refractivity contribution in [2.24, 2.45) is 0 Å². The molecule has 2 unspecified atom stereocenters. The van der Waals surface area contributed by atoms with Gasteiger partial charge in [-0.3, -0.25) is 0 Å². The predicted octanol–water partition coefficient (Wildman–Crippen LogP) is 12.6. The van der Waals surface area contributed by atoms with Crippen molar-refractivity contribution in [1.82, 2.24) is 10.5 Å². The van der Waals surface area contributed by atoms with Crippen LogP contribution in [0, 0.1) is 0 Å². The SMILES string of the molecule is CC(C)c1ccccc1-c1cccc2c1C=C(c1ccccc1)[CH]2[Zr]([Cl])([Cl])([B](NC=O)NC=O)[CH]1C(c2ccccc2)=Cc2c(-c3ccccc3C(C)C)cccc21. The van der Waals surface area contributed by atoms with Crippen LogP contribution in [0.5, 0.6) is 0 Å². The van der Waals surface area contributed by atoms with Gasteiger partial charge >= 0.3 is 353 Å². The van der Waals surface area contributed by atoms with Crippen LogP contribution < -0.4 is 10.5 Å². The molecule has 0 aromatic heterocycles. The van der Waals surface area contributed by atoms with Gasteiger partial charge in [-0.05, 0) is 0 Å². The summed E-state index contributed by atoms with van der Waals surface area (Å²) in [5.41, 5.74) is 14.9. The molecule has 2 aliphatic rings. The molecule has 0 bridgehead atoms. The van der Waals surface area contributed by atoms with Crippen molar-refractivity contribution in [3.8, 4) is 22.3 Å². The predicted molar refractivity (Wildman–Crippen MR) is 242 cm³/mol. The number of allylic oxidation sites excluding steroid dienone is 2. The van der Waals surface area contributed by atoms with E-state index in [2.05, 4.69) is 159 Å². The standard InChI is InChI=1S/2C24H21.C2H3BN2O2.2ClH.Zr/c2*1-17(2)21-12-6-7-13-22(21)23-14-8-11-19-15-20(16-24(19)23)18-9-4-3-5-10-18;6-1-4-3-5-2-7;;;/h2*3-17H,1-2H3;1-2H,(H-,4,5,6,7);2*1H;/q;;;;;+1/p-1. The molecule has 58 heavy (non-hydrogen) atoms. The summed E-state index contributed by atoms with van der Waals surface area (Å²) >= 11 is -6.20. The van der Waals surface area contributed by atoms with E-state index in [9.17, 15) is 9.59 Å². The molecule has 0 heterocycles. The first kappa shape index (κ1) is 40.1. The Kier molecular flexibility index (Phi) is 11.1. The zero-order valence-electron chi connectivity index (χ0n) is 33.1. The molecule has 289 valence electrons. The number of amides is 2. The molecule has 8 rings (SSSR count). The van der Waals surface area contributed by atoms with E-state index in [4.69, 9.17) is 17.0 Å². The fraction of sp³-hybridized carbons (Fsp3) is 0.160. The number of fused-ring (bicyclic) bond motifs is 2. The molecule has 0 saturated carbocycles. The summed E-state index contributed by atoms with van der Waals surface area (Å²) in [7, 11) is 17.8. The van der Waals surface area contributed by atoms with Crippen molar-refractivity contribution in [3.05, 3.63) is 190 Å². The van der Waals surface area contributed by atoms with Crippen LogP contribution in [0.1, 0.15) is 91.3 Å². The number of halogens is 2. The van der Waals surface area contributed by atoms with Crippen molar-refractivity contribution in [2.45, 2.75) is 46.8 Å². The third-order valence-corrected chi connectivity index (χ3v) is 32.0. The van der Waals surface area contributed by atoms with Gasteiger partial charge in [0.1, 0.15) is 0 Å². The van der Waals surface area contributed by atoms with Gasteiger partial charge in [-0.1, -0.05) is 0 Å². The number of rotatable bonds is 13. The molecule has 0 saturated heterocycles. The fourth-order valence-corrected chi connectivity index (χ4v) is 29.4. The average molecular weight is 880 g/mol. The average Bonchev–Trinajstić information content (AvgIpc) is 3.86. The topological polar surface area (TPSA) is 58.2 Å². The molecule has 2 atom stereocenters. The Morgan fingerprint density at radius 3 is 1.24 bits per heavy atom. The third-order valence-electron chi connectivity index (χ3n) is 12.2. The van der Waals surface area contributed by atoms with Gasteiger partial charge in [-0.25, -0.2) is 0 Å². The van der Waals surface area contributed by atoms with E-state index in [-0.39, 0.29) is 11.8 Å². The molecule has 0 spiro atoms. The molecule has 0 radical (unpaired) electrons. The van der Waals surface area contributed by atoms with Crippen LogP contribution in [-0.4, -0.2) is 17.3 Å². The van der Waals surface area contributed by atoms with E-state index >= 15 is 0 Å². The van der Waals surface area contributed by atoms with Gasteiger partial charge in [0.05, 0.1) is 0 Å². The second-order valence-corrected chi connectivity index (χ2v) is 37.5. The minimum atomic E-state index is -6.20. The van der Waals surface area contributed by atoms with Crippen LogP contribution in [0.15, 0.2) is 146 Å². The Bertz CT molecular complexity index is 2410. The van der Waals surface area contributed by atoms with Gasteiger partial charge in [0, 0.05) is 0 Å². The Morgan fingerprint density at radius 1 is 0.500 bits per heavy atom. The second-order valence-electron chi connectivity index (χ2n) is 16.1. The molecular formula is C50H46BCl2N2O2Zr. The summed E-state index contributed by atoms with van der Waals surface area (Å²) in [6.45, 7) is 8.86. The molecule has 2 amide bonds. The van der Waals surface area contributed by atoms with E-state index in [1.807, 2.05) is 36.4 Å². The molecule has 2 aliphatic carbocycles. The third kappa shape index (κ3) is 6.68. The van der Waals surface area contributed by atoms with E-state index in [0.29, 0.717) is 12.8 Å². The quantitative estimate of drug-likeness (QED) is 0.0897. The molecule has 8 heteroatoms. The summed E-state index contributed by atoms with van der Waals surface area (Å²) in [4.78, 5) is 25.6. The van der Waals surface area contributed by atoms with Gasteiger partial charge in [0.25, 0.3) is 0 Å². The Balaban J connectivity index is 1.49. The van der Waals surface area contributed by atoms with Gasteiger partial charge in [-0.15, -0.1) is 0 Å². The van der Waals surface area contributed by atoms with Crippen LogP contribution in [0.4, 0.5) is 0 Å². The first-order chi connectivity index (χ1) is 28.1. The number of carbonyl (C=O) groups is 2. The summed E-state index contributed by atoms with van der Waals surface area (Å²) in [5.74, 6) is 0.572. The molecule has 6 aromatic carbocycles. The van der Waals surface area contributed by atoms with Gasteiger partial charge in [0.2, 0.25) is 0 Å². The Morgan fingerprint density at radius 2 is 0.862 bits per heavy atom. The molecule has 2 N–H and O–H groups in total.